The zero-order chi connectivity index (χ0) is 17.1. The van der Waals surface area contributed by atoms with E-state index >= 15 is 0 Å². The highest BCUT2D eigenvalue weighted by atomic mass is 19.1. The lowest BCUT2D eigenvalue weighted by Crippen LogP contribution is -2.49. The molecule has 4 nitrogen and oxygen atoms in total. The van der Waals surface area contributed by atoms with E-state index in [1.165, 1.54) is 12.1 Å². The van der Waals surface area contributed by atoms with Crippen LogP contribution in [-0.2, 0) is 6.54 Å². The van der Waals surface area contributed by atoms with Crippen molar-refractivity contribution in [3.63, 3.8) is 0 Å². The average Bonchev–Trinajstić information content (AvgIpc) is 3.08. The summed E-state index contributed by atoms with van der Waals surface area (Å²) in [5, 5.41) is 3.12. The molecule has 5 heteroatoms. The molecule has 0 saturated carbocycles. The van der Waals surface area contributed by atoms with Crippen LogP contribution in [0.1, 0.15) is 44.0 Å². The van der Waals surface area contributed by atoms with E-state index < -0.39 is 0 Å². The summed E-state index contributed by atoms with van der Waals surface area (Å²) in [6.45, 7) is 5.56. The number of nitrogens with one attached hydrogen (secondary N) is 1. The van der Waals surface area contributed by atoms with Crippen molar-refractivity contribution >= 4 is 6.03 Å². The number of nitrogens with zero attached hydrogens (tertiary/aromatic N) is 2. The minimum Gasteiger partial charge on any atom is -0.348 e. The van der Waals surface area contributed by atoms with Crippen molar-refractivity contribution in [1.82, 2.24) is 14.8 Å². The third kappa shape index (κ3) is 3.16. The number of rotatable bonds is 4. The van der Waals surface area contributed by atoms with Gasteiger partial charge in [-0.2, -0.15) is 0 Å². The van der Waals surface area contributed by atoms with Crippen molar-refractivity contribution in [3.05, 3.63) is 59.7 Å². The zero-order valence-electron chi connectivity index (χ0n) is 14.2. The maximum absolute atomic E-state index is 13.3. The Labute approximate surface area is 142 Å². The second-order valence-corrected chi connectivity index (χ2v) is 6.24. The molecule has 2 heterocycles. The Kier molecular flexibility index (Phi) is 4.88. The average molecular weight is 329 g/mol. The van der Waals surface area contributed by atoms with Gasteiger partial charge in [-0.15, -0.1) is 0 Å². The van der Waals surface area contributed by atoms with Gasteiger partial charge in [0.2, 0.25) is 0 Å². The minimum absolute atomic E-state index is 0.0505. The number of carbonyl (C=O) groups excluding carboxylic acids is 1. The standard InChI is InChI=1S/C19H24FN3O/c1-3-16(4-2)21-19(24)23-13-12-22-11-5-6-17(22)18(23)14-7-9-15(20)10-8-14/h5-11,16,18H,3-4,12-13H2,1-2H3,(H,21,24)/t18-/m0/s1. The normalized spacial score (nSPS) is 17.0. The molecule has 128 valence electrons. The maximum Gasteiger partial charge on any atom is 0.318 e. The Balaban J connectivity index is 1.92. The lowest BCUT2D eigenvalue weighted by Gasteiger charge is -2.38. The Morgan fingerprint density at radius 2 is 1.92 bits per heavy atom. The predicted molar refractivity (Wildman–Crippen MR) is 92.3 cm³/mol. The molecule has 1 aromatic carbocycles. The van der Waals surface area contributed by atoms with Gasteiger partial charge in [-0.25, -0.2) is 9.18 Å². The number of urea groups is 1. The first kappa shape index (κ1) is 16.6. The molecule has 1 aliphatic rings. The predicted octanol–water partition coefficient (Wildman–Crippen LogP) is 3.93. The second-order valence-electron chi connectivity index (χ2n) is 6.24. The first-order valence-corrected chi connectivity index (χ1v) is 8.61. The molecule has 1 aromatic heterocycles. The fraction of sp³-hybridized carbons (Fsp3) is 0.421. The van der Waals surface area contributed by atoms with Gasteiger partial charge in [0.1, 0.15) is 5.82 Å². The highest BCUT2D eigenvalue weighted by molar-refractivity contribution is 5.76. The van der Waals surface area contributed by atoms with Crippen LogP contribution in [0.25, 0.3) is 0 Å². The summed E-state index contributed by atoms with van der Waals surface area (Å²) >= 11 is 0. The molecule has 1 N–H and O–H groups in total. The quantitative estimate of drug-likeness (QED) is 0.906. The molecular formula is C19H24FN3O. The number of carbonyl (C=O) groups is 1. The van der Waals surface area contributed by atoms with Gasteiger partial charge in [0.05, 0.1) is 6.04 Å². The molecule has 0 fully saturated rings. The molecule has 0 unspecified atom stereocenters. The zero-order valence-corrected chi connectivity index (χ0v) is 14.2. The van der Waals surface area contributed by atoms with Gasteiger partial charge in [0.15, 0.2) is 0 Å². The van der Waals surface area contributed by atoms with Crippen LogP contribution < -0.4 is 5.32 Å². The smallest absolute Gasteiger partial charge is 0.318 e. The number of halogens is 1. The van der Waals surface area contributed by atoms with Crippen LogP contribution in [-0.4, -0.2) is 28.1 Å². The number of fused-ring (bicyclic) bond motifs is 1. The summed E-state index contributed by atoms with van der Waals surface area (Å²) in [7, 11) is 0. The lowest BCUT2D eigenvalue weighted by molar-refractivity contribution is 0.164. The SMILES string of the molecule is CCC(CC)NC(=O)N1CCn2cccc2[C@@H]1c1ccc(F)cc1. The van der Waals surface area contributed by atoms with Crippen molar-refractivity contribution in [2.45, 2.75) is 45.3 Å². The van der Waals surface area contributed by atoms with Crippen molar-refractivity contribution in [2.75, 3.05) is 6.54 Å². The summed E-state index contributed by atoms with van der Waals surface area (Å²) < 4.78 is 15.5. The van der Waals surface area contributed by atoms with E-state index in [2.05, 4.69) is 23.7 Å². The van der Waals surface area contributed by atoms with Crippen LogP contribution in [0.2, 0.25) is 0 Å². The van der Waals surface area contributed by atoms with Crippen molar-refractivity contribution in [2.24, 2.45) is 0 Å². The molecule has 2 amide bonds. The van der Waals surface area contributed by atoms with Gasteiger partial charge < -0.3 is 14.8 Å². The molecule has 24 heavy (non-hydrogen) atoms. The summed E-state index contributed by atoms with van der Waals surface area (Å²) in [6.07, 6.45) is 3.85. The summed E-state index contributed by atoms with van der Waals surface area (Å²) in [4.78, 5) is 14.7. The van der Waals surface area contributed by atoms with E-state index in [1.807, 2.05) is 23.2 Å². The van der Waals surface area contributed by atoms with Crippen LogP contribution in [0.5, 0.6) is 0 Å². The van der Waals surface area contributed by atoms with Gasteiger partial charge in [0.25, 0.3) is 0 Å². The third-order valence-corrected chi connectivity index (χ3v) is 4.80. The molecule has 1 aliphatic heterocycles. The first-order valence-electron chi connectivity index (χ1n) is 8.61. The Bertz CT molecular complexity index is 691. The van der Waals surface area contributed by atoms with E-state index in [-0.39, 0.29) is 23.9 Å². The highest BCUT2D eigenvalue weighted by Gasteiger charge is 2.32. The molecular weight excluding hydrogens is 305 g/mol. The van der Waals surface area contributed by atoms with Crippen LogP contribution in [0.3, 0.4) is 0 Å². The van der Waals surface area contributed by atoms with E-state index in [0.717, 1.165) is 30.6 Å². The summed E-state index contributed by atoms with van der Waals surface area (Å²) in [6, 6.07) is 10.4. The molecule has 0 saturated heterocycles. The Hall–Kier alpha value is -2.30. The summed E-state index contributed by atoms with van der Waals surface area (Å²) in [5.41, 5.74) is 1.99. The lowest BCUT2D eigenvalue weighted by atomic mass is 10.00. The van der Waals surface area contributed by atoms with Crippen LogP contribution in [0, 0.1) is 5.82 Å². The highest BCUT2D eigenvalue weighted by Crippen LogP contribution is 2.32. The molecule has 0 spiro atoms. The number of aromatic nitrogens is 1. The second kappa shape index (κ2) is 7.07. The number of amides is 2. The molecule has 0 radical (unpaired) electrons. The van der Waals surface area contributed by atoms with Gasteiger partial charge in [0, 0.05) is 31.0 Å². The van der Waals surface area contributed by atoms with Crippen molar-refractivity contribution in [1.29, 1.82) is 0 Å². The number of hydrogen-bond acceptors (Lipinski definition) is 1. The van der Waals surface area contributed by atoms with Crippen LogP contribution >= 0.6 is 0 Å². The topological polar surface area (TPSA) is 37.3 Å². The molecule has 1 atom stereocenters. The Morgan fingerprint density at radius 1 is 1.21 bits per heavy atom. The van der Waals surface area contributed by atoms with Gasteiger partial charge in [-0.05, 0) is 42.7 Å². The van der Waals surface area contributed by atoms with Crippen LogP contribution in [0.15, 0.2) is 42.6 Å². The monoisotopic (exact) mass is 329 g/mol. The summed E-state index contributed by atoms with van der Waals surface area (Å²) in [5.74, 6) is -0.266. The molecule has 3 rings (SSSR count). The first-order chi connectivity index (χ1) is 11.6. The van der Waals surface area contributed by atoms with Gasteiger partial charge >= 0.3 is 6.03 Å². The van der Waals surface area contributed by atoms with Gasteiger partial charge in [-0.1, -0.05) is 26.0 Å². The fourth-order valence-electron chi connectivity index (χ4n) is 3.35. The number of benzene rings is 1. The Morgan fingerprint density at radius 3 is 2.58 bits per heavy atom. The van der Waals surface area contributed by atoms with Gasteiger partial charge in [-0.3, -0.25) is 0 Å². The van der Waals surface area contributed by atoms with E-state index in [4.69, 9.17) is 0 Å². The van der Waals surface area contributed by atoms with Crippen molar-refractivity contribution in [3.8, 4) is 0 Å². The molecule has 0 bridgehead atoms. The van der Waals surface area contributed by atoms with Crippen molar-refractivity contribution < 1.29 is 9.18 Å². The molecule has 2 aromatic rings. The van der Waals surface area contributed by atoms with Crippen LogP contribution in [0.4, 0.5) is 9.18 Å². The maximum atomic E-state index is 13.3. The minimum atomic E-state index is -0.266. The van der Waals surface area contributed by atoms with E-state index in [0.29, 0.717) is 6.54 Å². The van der Waals surface area contributed by atoms with E-state index in [1.54, 1.807) is 12.1 Å². The third-order valence-electron chi connectivity index (χ3n) is 4.80. The largest absolute Gasteiger partial charge is 0.348 e. The fourth-order valence-corrected chi connectivity index (χ4v) is 3.35. The molecule has 0 aliphatic carbocycles. The number of hydrogen-bond donors (Lipinski definition) is 1. The van der Waals surface area contributed by atoms with E-state index in [9.17, 15) is 9.18 Å².